The Kier molecular flexibility index (Phi) is 9.80. The number of hydrogen-bond acceptors (Lipinski definition) is 2. The Bertz CT molecular complexity index is 4200. The molecule has 6 nitrogen and oxygen atoms in total. The van der Waals surface area contributed by atoms with Crippen LogP contribution in [0.5, 0.6) is 11.5 Å². The zero-order valence-corrected chi connectivity index (χ0v) is 42.1. The van der Waals surface area contributed by atoms with E-state index in [1.54, 1.807) is 0 Å². The van der Waals surface area contributed by atoms with Crippen LogP contribution in [0.25, 0.3) is 119 Å². The summed E-state index contributed by atoms with van der Waals surface area (Å²) in [5, 5.41) is 19.0. The fourth-order valence-corrected chi connectivity index (χ4v) is 14.9. The molecule has 0 radical (unpaired) electrons. The predicted octanol–water partition coefficient (Wildman–Crippen LogP) is 18.1. The first-order valence-electron chi connectivity index (χ1n) is 24.4. The SMILES string of the molecule is Cn1c2ccc3ccccc3c2c2c3ccccc3ccc2n(C)p1Oc1ccc2ccccc2c1-c1c(Op2n(C)c3ccc4ccccc4c3c3c4ccccc4ccc3n2C)ccc2ccccc12. The molecule has 2 heterocycles. The summed E-state index contributed by atoms with van der Waals surface area (Å²) in [4.78, 5) is 0. The number of rotatable bonds is 5. The van der Waals surface area contributed by atoms with E-state index in [1.807, 2.05) is 0 Å². The van der Waals surface area contributed by atoms with Crippen LogP contribution in [0.4, 0.5) is 0 Å². The van der Waals surface area contributed by atoms with Crippen LogP contribution in [0.1, 0.15) is 0 Å². The van der Waals surface area contributed by atoms with E-state index in [0.717, 1.165) is 66.2 Å². The molecule has 346 valence electrons. The van der Waals surface area contributed by atoms with E-state index >= 15 is 0 Å². The molecule has 0 N–H and O–H groups in total. The molecule has 8 heteroatoms. The first kappa shape index (κ1) is 42.5. The van der Waals surface area contributed by atoms with Crippen LogP contribution < -0.4 is 9.05 Å². The lowest BCUT2D eigenvalue weighted by Gasteiger charge is -2.22. The summed E-state index contributed by atoms with van der Waals surface area (Å²) in [6, 6.07) is 79.3. The third kappa shape index (κ3) is 6.43. The molecule has 72 heavy (non-hydrogen) atoms. The van der Waals surface area contributed by atoms with Gasteiger partial charge in [0.2, 0.25) is 16.2 Å². The van der Waals surface area contributed by atoms with Gasteiger partial charge in [-0.25, -0.2) is 0 Å². The lowest BCUT2D eigenvalue weighted by Crippen LogP contribution is -2.02. The van der Waals surface area contributed by atoms with E-state index in [9.17, 15) is 0 Å². The summed E-state index contributed by atoms with van der Waals surface area (Å²) in [6.07, 6.45) is 0. The fourth-order valence-electron chi connectivity index (χ4n) is 11.5. The van der Waals surface area contributed by atoms with Gasteiger partial charge in [0, 0.05) is 60.9 Å². The van der Waals surface area contributed by atoms with Crippen LogP contribution in [0.3, 0.4) is 0 Å². The van der Waals surface area contributed by atoms with Gasteiger partial charge in [-0.2, -0.15) is 0 Å². The third-order valence-corrected chi connectivity index (χ3v) is 18.6. The van der Waals surface area contributed by atoms with Crippen molar-refractivity contribution in [2.75, 3.05) is 0 Å². The molecule has 0 aliphatic heterocycles. The van der Waals surface area contributed by atoms with Gasteiger partial charge >= 0.3 is 0 Å². The van der Waals surface area contributed by atoms with Gasteiger partial charge in [-0.3, -0.25) is 17.3 Å². The van der Waals surface area contributed by atoms with Gasteiger partial charge in [0.1, 0.15) is 11.5 Å². The Morgan fingerprint density at radius 2 is 0.472 bits per heavy atom. The maximum absolute atomic E-state index is 7.77. The maximum Gasteiger partial charge on any atom is 0.235 e. The molecule has 0 bridgehead atoms. The highest BCUT2D eigenvalue weighted by Gasteiger charge is 2.24. The van der Waals surface area contributed by atoms with Gasteiger partial charge in [0.15, 0.2) is 0 Å². The Labute approximate surface area is 417 Å². The number of benzene rings is 12. The molecule has 0 fully saturated rings. The Morgan fingerprint density at radius 3 is 0.750 bits per heavy atom. The van der Waals surface area contributed by atoms with E-state index in [1.165, 1.54) is 64.6 Å². The quantitative estimate of drug-likeness (QED) is 0.172. The molecule has 14 aromatic rings. The van der Waals surface area contributed by atoms with E-state index in [0.29, 0.717) is 0 Å². The van der Waals surface area contributed by atoms with Gasteiger partial charge in [-0.1, -0.05) is 182 Å². The van der Waals surface area contributed by atoms with Gasteiger partial charge in [0.05, 0.1) is 22.1 Å². The van der Waals surface area contributed by atoms with E-state index in [4.69, 9.17) is 9.05 Å². The third-order valence-electron chi connectivity index (χ3n) is 14.9. The van der Waals surface area contributed by atoms with E-state index in [2.05, 4.69) is 264 Å². The fraction of sp³-hybridized carbons (Fsp3) is 0.0625. The minimum Gasteiger partial charge on any atom is -0.417 e. The van der Waals surface area contributed by atoms with Crippen LogP contribution in [-0.2, 0) is 28.2 Å². The van der Waals surface area contributed by atoms with Crippen molar-refractivity contribution < 1.29 is 9.05 Å². The molecule has 0 atom stereocenters. The summed E-state index contributed by atoms with van der Waals surface area (Å²) >= 11 is 0. The van der Waals surface area contributed by atoms with Crippen LogP contribution >= 0.6 is 16.2 Å². The van der Waals surface area contributed by atoms with Crippen molar-refractivity contribution in [3.05, 3.63) is 218 Å². The molecule has 0 unspecified atom stereocenters. The van der Waals surface area contributed by atoms with Crippen molar-refractivity contribution in [1.82, 2.24) is 17.3 Å². The summed E-state index contributed by atoms with van der Waals surface area (Å²) in [7, 11) is 5.77. The molecular weight excluding hydrogens is 919 g/mol. The number of fused-ring (bicyclic) bond motifs is 16. The summed E-state index contributed by atoms with van der Waals surface area (Å²) in [6.45, 7) is 0. The summed E-state index contributed by atoms with van der Waals surface area (Å²) < 4.78 is 25.0. The second-order valence-corrected chi connectivity index (χ2v) is 22.6. The average molecular weight is 967 g/mol. The minimum absolute atomic E-state index is 0.787. The molecule has 0 aliphatic rings. The van der Waals surface area contributed by atoms with Gasteiger partial charge in [-0.15, -0.1) is 0 Å². The first-order chi connectivity index (χ1) is 35.4. The van der Waals surface area contributed by atoms with Crippen molar-refractivity contribution >= 4 is 124 Å². The van der Waals surface area contributed by atoms with Gasteiger partial charge in [-0.05, 0) is 101 Å². The summed E-state index contributed by atoms with van der Waals surface area (Å²) in [5.74, 6) is 1.57. The number of aryl methyl sites for hydroxylation is 4. The highest BCUT2D eigenvalue weighted by Crippen LogP contribution is 2.51. The smallest absolute Gasteiger partial charge is 0.235 e. The Morgan fingerprint density at radius 1 is 0.250 bits per heavy atom. The van der Waals surface area contributed by atoms with Crippen molar-refractivity contribution in [3.63, 3.8) is 0 Å². The average Bonchev–Trinajstić information content (AvgIpc) is 3.58. The molecule has 2 aromatic heterocycles. The molecule has 0 aliphatic carbocycles. The van der Waals surface area contributed by atoms with Crippen LogP contribution in [-0.4, -0.2) is 17.3 Å². The molecule has 0 amide bonds. The molecule has 0 spiro atoms. The Balaban J connectivity index is 1.06. The second-order valence-electron chi connectivity index (χ2n) is 18.8. The lowest BCUT2D eigenvalue weighted by atomic mass is 9.92. The zero-order valence-electron chi connectivity index (χ0n) is 40.3. The summed E-state index contributed by atoms with van der Waals surface area (Å²) in [5.41, 5.74) is 6.50. The minimum atomic E-state index is -1.50. The molecule has 14 rings (SSSR count). The zero-order chi connectivity index (χ0) is 48.2. The number of hydrogen-bond donors (Lipinski definition) is 0. The molecule has 12 aromatic carbocycles. The van der Waals surface area contributed by atoms with Crippen LogP contribution in [0, 0.1) is 0 Å². The van der Waals surface area contributed by atoms with Crippen molar-refractivity contribution in [2.24, 2.45) is 28.2 Å². The van der Waals surface area contributed by atoms with E-state index < -0.39 is 16.2 Å². The highest BCUT2D eigenvalue weighted by atomic mass is 31.1. The van der Waals surface area contributed by atoms with Crippen molar-refractivity contribution in [3.8, 4) is 22.6 Å². The number of aromatic nitrogens is 4. The van der Waals surface area contributed by atoms with Gasteiger partial charge in [0.25, 0.3) is 0 Å². The lowest BCUT2D eigenvalue weighted by molar-refractivity contribution is 0.597. The standard InChI is InChI=1S/C64H48N4O2P2/c1-65-53-35-29-41-17-5-11-23-47(41)59(53)60-48-24-12-6-18-42(48)30-36-54(60)66(2)71(65)69-57-39-33-45-21-9-15-27-51(45)63(57)64-52-28-16-10-22-46(52)34-40-58(64)70-72-67(3)55-37-31-43-19-7-13-25-49(43)61(55)62-50-26-14-8-20-44(50)32-38-56(62)68(72)4/h5-40H,1-4H3. The normalized spacial score (nSPS) is 11.9. The van der Waals surface area contributed by atoms with E-state index in [-0.39, 0.29) is 0 Å². The molecule has 0 saturated carbocycles. The maximum atomic E-state index is 7.77. The van der Waals surface area contributed by atoms with Gasteiger partial charge < -0.3 is 9.05 Å². The topological polar surface area (TPSA) is 38.2 Å². The first-order valence-corrected chi connectivity index (χ1v) is 26.8. The monoisotopic (exact) mass is 966 g/mol. The van der Waals surface area contributed by atoms with Crippen LogP contribution in [0.2, 0.25) is 0 Å². The van der Waals surface area contributed by atoms with Crippen molar-refractivity contribution in [1.29, 1.82) is 0 Å². The van der Waals surface area contributed by atoms with Crippen molar-refractivity contribution in [2.45, 2.75) is 0 Å². The second kappa shape index (κ2) is 16.6. The highest BCUT2D eigenvalue weighted by molar-refractivity contribution is 7.38. The Hall–Kier alpha value is -8.40. The van der Waals surface area contributed by atoms with Crippen LogP contribution in [0.15, 0.2) is 218 Å². The molecular formula is C64H48N4O2P2. The largest absolute Gasteiger partial charge is 0.417 e. The number of nitrogens with zero attached hydrogens (tertiary/aromatic N) is 4. The predicted molar refractivity (Wildman–Crippen MR) is 308 cm³/mol. The molecule has 0 saturated heterocycles.